The van der Waals surface area contributed by atoms with Gasteiger partial charge in [-0.2, -0.15) is 5.26 Å². The number of carbonyl (C=O) groups excluding carboxylic acids is 2. The van der Waals surface area contributed by atoms with Crippen LogP contribution in [0.5, 0.6) is 0 Å². The number of hydrogen-bond donors (Lipinski definition) is 1. The smallest absolute Gasteiger partial charge is 0.256 e. The van der Waals surface area contributed by atoms with E-state index in [0.29, 0.717) is 17.6 Å². The highest BCUT2D eigenvalue weighted by Gasteiger charge is 2.36. The highest BCUT2D eigenvalue weighted by atomic mass is 19.1. The molecule has 2 aromatic carbocycles. The number of aromatic nitrogens is 1. The number of halogens is 1. The molecule has 2 aliphatic rings. The second-order valence-corrected chi connectivity index (χ2v) is 10.4. The van der Waals surface area contributed by atoms with Crippen molar-refractivity contribution in [2.75, 3.05) is 38.5 Å². The van der Waals surface area contributed by atoms with Crippen LogP contribution in [0.2, 0.25) is 0 Å². The molecule has 3 aromatic rings. The second-order valence-electron chi connectivity index (χ2n) is 10.4. The zero-order chi connectivity index (χ0) is 27.4. The van der Waals surface area contributed by atoms with Gasteiger partial charge in [0, 0.05) is 56.4 Å². The van der Waals surface area contributed by atoms with Crippen LogP contribution in [0.4, 0.5) is 10.1 Å². The van der Waals surface area contributed by atoms with E-state index in [9.17, 15) is 19.2 Å². The zero-order valence-electron chi connectivity index (χ0n) is 22.1. The fourth-order valence-electron chi connectivity index (χ4n) is 5.53. The third-order valence-electron chi connectivity index (χ3n) is 7.63. The summed E-state index contributed by atoms with van der Waals surface area (Å²) in [6.07, 6.45) is 2.36. The van der Waals surface area contributed by atoms with Crippen LogP contribution in [-0.2, 0) is 11.3 Å². The van der Waals surface area contributed by atoms with E-state index < -0.39 is 12.2 Å². The normalized spacial score (nSPS) is 20.1. The third-order valence-corrected chi connectivity index (χ3v) is 7.63. The number of pyridine rings is 1. The minimum absolute atomic E-state index is 0.0106. The fraction of sp³-hybridized carbons (Fsp3) is 0.400. The van der Waals surface area contributed by atoms with Crippen LogP contribution in [-0.4, -0.2) is 83.0 Å². The number of rotatable bonds is 7. The zero-order valence-corrected chi connectivity index (χ0v) is 22.1. The molecule has 1 N–H and O–H groups in total. The van der Waals surface area contributed by atoms with Crippen LogP contribution in [0.1, 0.15) is 35.2 Å². The number of fused-ring (bicyclic) bond motifs is 1. The number of alkyl halides is 1. The summed E-state index contributed by atoms with van der Waals surface area (Å²) in [6.45, 7) is 2.18. The van der Waals surface area contributed by atoms with E-state index >= 15 is 0 Å². The van der Waals surface area contributed by atoms with E-state index in [0.717, 1.165) is 42.6 Å². The van der Waals surface area contributed by atoms with Gasteiger partial charge in [0.15, 0.2) is 0 Å². The van der Waals surface area contributed by atoms with Gasteiger partial charge in [0.2, 0.25) is 5.91 Å². The van der Waals surface area contributed by atoms with Gasteiger partial charge in [0.1, 0.15) is 12.2 Å². The van der Waals surface area contributed by atoms with E-state index in [-0.39, 0.29) is 37.4 Å². The van der Waals surface area contributed by atoms with Gasteiger partial charge in [-0.05, 0) is 42.7 Å². The van der Waals surface area contributed by atoms with Crippen molar-refractivity contribution in [1.29, 1.82) is 5.26 Å². The van der Waals surface area contributed by atoms with Gasteiger partial charge in [0.25, 0.3) is 5.91 Å². The molecule has 2 aliphatic heterocycles. The third kappa shape index (κ3) is 6.02. The molecule has 39 heavy (non-hydrogen) atoms. The van der Waals surface area contributed by atoms with Crippen LogP contribution >= 0.6 is 0 Å². The first-order valence-electron chi connectivity index (χ1n) is 13.4. The molecule has 0 spiro atoms. The average Bonchev–Trinajstić information content (AvgIpc) is 3.35. The van der Waals surface area contributed by atoms with Crippen LogP contribution in [0.25, 0.3) is 10.9 Å². The number of amides is 2. The Bertz CT molecular complexity index is 1370. The molecule has 2 saturated heterocycles. The molecule has 0 unspecified atom stereocenters. The predicted octanol–water partition coefficient (Wildman–Crippen LogP) is 3.85. The summed E-state index contributed by atoms with van der Waals surface area (Å²) >= 11 is 0. The largest absolute Gasteiger partial charge is 0.382 e. The van der Waals surface area contributed by atoms with Crippen molar-refractivity contribution in [2.24, 2.45) is 0 Å². The Labute approximate surface area is 228 Å². The number of nitrogens with one attached hydrogen (secondary N) is 1. The molecule has 2 atom stereocenters. The van der Waals surface area contributed by atoms with Crippen LogP contribution < -0.4 is 5.32 Å². The standard InChI is InChI=1S/C30H33FN6O2/c1-35(18-21-6-3-2-4-7-21)30(39)26-9-10-27(25-8-5-13-33-29(25)26)34-23-11-14-36(15-12-23)20-28(38)37-19-22(31)16-24(37)17-32/h2-10,13,22-24,34H,11-12,14-16,18-20H2,1H3/t22-,24-/m0/s1. The Hall–Kier alpha value is -4.03. The average molecular weight is 529 g/mol. The van der Waals surface area contributed by atoms with Crippen LogP contribution in [0.3, 0.4) is 0 Å². The van der Waals surface area contributed by atoms with Gasteiger partial charge in [-0.15, -0.1) is 0 Å². The highest BCUT2D eigenvalue weighted by molar-refractivity contribution is 6.08. The van der Waals surface area contributed by atoms with Crippen molar-refractivity contribution in [3.8, 4) is 6.07 Å². The summed E-state index contributed by atoms with van der Waals surface area (Å²) in [5, 5.41) is 13.8. The van der Waals surface area contributed by atoms with Gasteiger partial charge in [-0.3, -0.25) is 19.5 Å². The first-order chi connectivity index (χ1) is 18.9. The minimum Gasteiger partial charge on any atom is -0.382 e. The SMILES string of the molecule is CN(Cc1ccccc1)C(=O)c1ccc(NC2CCN(CC(=O)N3C[C@@H](F)C[C@H]3C#N)CC2)c2cccnc12. The lowest BCUT2D eigenvalue weighted by Gasteiger charge is -2.33. The Kier molecular flexibility index (Phi) is 8.03. The molecule has 9 heteroatoms. The van der Waals surface area contributed by atoms with Crippen molar-refractivity contribution in [1.82, 2.24) is 19.7 Å². The predicted molar refractivity (Wildman–Crippen MR) is 148 cm³/mol. The monoisotopic (exact) mass is 528 g/mol. The molecule has 2 amide bonds. The van der Waals surface area contributed by atoms with E-state index in [4.69, 9.17) is 0 Å². The molecular weight excluding hydrogens is 495 g/mol. The number of anilines is 1. The number of nitrogens with zero attached hydrogens (tertiary/aromatic N) is 5. The molecule has 2 fully saturated rings. The molecule has 3 heterocycles. The lowest BCUT2D eigenvalue weighted by Crippen LogP contribution is -2.46. The molecule has 0 radical (unpaired) electrons. The summed E-state index contributed by atoms with van der Waals surface area (Å²) in [7, 11) is 1.80. The molecular formula is C30H33FN6O2. The number of hydrogen-bond acceptors (Lipinski definition) is 6. The Morgan fingerprint density at radius 2 is 1.90 bits per heavy atom. The Morgan fingerprint density at radius 1 is 1.13 bits per heavy atom. The summed E-state index contributed by atoms with van der Waals surface area (Å²) in [6, 6.07) is 19.1. The lowest BCUT2D eigenvalue weighted by molar-refractivity contribution is -0.132. The van der Waals surface area contributed by atoms with Gasteiger partial charge in [-0.1, -0.05) is 30.3 Å². The van der Waals surface area contributed by atoms with Gasteiger partial charge in [-0.25, -0.2) is 4.39 Å². The maximum Gasteiger partial charge on any atom is 0.256 e. The maximum atomic E-state index is 13.7. The number of likely N-dealkylation sites (tertiary alicyclic amines) is 2. The highest BCUT2D eigenvalue weighted by Crippen LogP contribution is 2.28. The van der Waals surface area contributed by atoms with Crippen molar-refractivity contribution >= 4 is 28.4 Å². The maximum absolute atomic E-state index is 13.7. The van der Waals surface area contributed by atoms with Crippen molar-refractivity contribution in [2.45, 2.75) is 44.1 Å². The molecule has 202 valence electrons. The van der Waals surface area contributed by atoms with E-state index in [1.807, 2.05) is 60.7 Å². The summed E-state index contributed by atoms with van der Waals surface area (Å²) in [5.41, 5.74) is 3.22. The Morgan fingerprint density at radius 3 is 2.64 bits per heavy atom. The molecule has 8 nitrogen and oxygen atoms in total. The molecule has 0 bridgehead atoms. The topological polar surface area (TPSA) is 92.6 Å². The van der Waals surface area contributed by atoms with Crippen molar-refractivity contribution in [3.63, 3.8) is 0 Å². The van der Waals surface area contributed by atoms with Crippen LogP contribution in [0, 0.1) is 11.3 Å². The minimum atomic E-state index is -1.12. The van der Waals surface area contributed by atoms with Crippen molar-refractivity contribution < 1.29 is 14.0 Å². The van der Waals surface area contributed by atoms with Gasteiger partial charge < -0.3 is 15.1 Å². The number of benzene rings is 2. The number of piperidine rings is 1. The first-order valence-corrected chi connectivity index (χ1v) is 13.4. The van der Waals surface area contributed by atoms with Crippen LogP contribution in [0.15, 0.2) is 60.8 Å². The van der Waals surface area contributed by atoms with Gasteiger partial charge in [0.05, 0.1) is 30.2 Å². The lowest BCUT2D eigenvalue weighted by atomic mass is 10.0. The summed E-state index contributed by atoms with van der Waals surface area (Å²) < 4.78 is 13.7. The molecule has 1 aromatic heterocycles. The quantitative estimate of drug-likeness (QED) is 0.501. The first kappa shape index (κ1) is 26.6. The molecule has 0 saturated carbocycles. The van der Waals surface area contributed by atoms with Crippen molar-refractivity contribution in [3.05, 3.63) is 71.9 Å². The van der Waals surface area contributed by atoms with E-state index in [2.05, 4.69) is 15.2 Å². The number of nitriles is 1. The molecule has 0 aliphatic carbocycles. The fourth-order valence-corrected chi connectivity index (χ4v) is 5.53. The second kappa shape index (κ2) is 11.8. The Balaban J connectivity index is 1.21. The van der Waals surface area contributed by atoms with E-state index in [1.54, 1.807) is 18.1 Å². The number of carbonyl (C=O) groups is 2. The molecule has 5 rings (SSSR count). The van der Waals surface area contributed by atoms with E-state index in [1.165, 1.54) is 4.90 Å². The van der Waals surface area contributed by atoms with Gasteiger partial charge >= 0.3 is 0 Å². The summed E-state index contributed by atoms with van der Waals surface area (Å²) in [4.78, 5) is 35.8. The summed E-state index contributed by atoms with van der Waals surface area (Å²) in [5.74, 6) is -0.259.